The van der Waals surface area contributed by atoms with Gasteiger partial charge in [-0.1, -0.05) is 44.1 Å². The summed E-state index contributed by atoms with van der Waals surface area (Å²) in [4.78, 5) is 0. The van der Waals surface area contributed by atoms with Crippen LogP contribution >= 0.6 is 12.4 Å². The first-order valence-electron chi connectivity index (χ1n) is 8.35. The van der Waals surface area contributed by atoms with Crippen LogP contribution in [0.15, 0.2) is 34.9 Å². The number of nitrogens with one attached hydrogen (secondary N) is 1. The Balaban J connectivity index is 0.00000312. The van der Waals surface area contributed by atoms with E-state index in [4.69, 9.17) is 9.26 Å². The molecule has 0 radical (unpaired) electrons. The van der Waals surface area contributed by atoms with E-state index >= 15 is 0 Å². The van der Waals surface area contributed by atoms with Gasteiger partial charge in [0.25, 0.3) is 0 Å². The second-order valence-electron chi connectivity index (χ2n) is 5.97. The van der Waals surface area contributed by atoms with Crippen molar-refractivity contribution in [2.45, 2.75) is 39.3 Å². The maximum atomic E-state index is 9.96. The second kappa shape index (κ2) is 10.9. The fraction of sp³-hybridized carbons (Fsp3) is 0.421. The lowest BCUT2D eigenvalue weighted by molar-refractivity contribution is 0.104. The number of rotatable bonds is 9. The van der Waals surface area contributed by atoms with Crippen LogP contribution < -0.4 is 10.1 Å². The van der Waals surface area contributed by atoms with Crippen LogP contribution in [0, 0.1) is 0 Å². The molecule has 0 amide bonds. The van der Waals surface area contributed by atoms with E-state index in [1.54, 1.807) is 0 Å². The molecule has 1 heterocycles. The molecule has 0 aliphatic rings. The van der Waals surface area contributed by atoms with E-state index in [2.05, 4.69) is 10.5 Å². The van der Waals surface area contributed by atoms with Gasteiger partial charge in [0.05, 0.1) is 5.69 Å². The molecule has 0 fully saturated rings. The molecule has 1 atom stereocenters. The minimum atomic E-state index is -0.550. The highest BCUT2D eigenvalue weighted by Gasteiger charge is 2.08. The van der Waals surface area contributed by atoms with Gasteiger partial charge in [-0.2, -0.15) is 0 Å². The molecule has 0 aliphatic heterocycles. The van der Waals surface area contributed by atoms with Gasteiger partial charge in [-0.25, -0.2) is 0 Å². The summed E-state index contributed by atoms with van der Waals surface area (Å²) in [6, 6.07) is 9.96. The van der Waals surface area contributed by atoms with Crippen molar-refractivity contribution in [2.75, 3.05) is 13.2 Å². The smallest absolute Gasteiger partial charge is 0.159 e. The number of hydrogen-bond acceptors (Lipinski definition) is 5. The van der Waals surface area contributed by atoms with E-state index in [1.807, 2.05) is 63.3 Å². The topological polar surface area (TPSA) is 67.5 Å². The number of aliphatic hydroxyl groups is 1. The fourth-order valence-electron chi connectivity index (χ4n) is 2.11. The Morgan fingerprint density at radius 2 is 2.04 bits per heavy atom. The van der Waals surface area contributed by atoms with Gasteiger partial charge < -0.3 is 19.7 Å². The highest BCUT2D eigenvalue weighted by atomic mass is 35.5. The Labute approximate surface area is 155 Å². The number of aromatic nitrogens is 1. The third kappa shape index (κ3) is 7.30. The van der Waals surface area contributed by atoms with Gasteiger partial charge in [0.1, 0.15) is 18.5 Å². The highest BCUT2D eigenvalue weighted by Crippen LogP contribution is 2.21. The molecule has 0 saturated heterocycles. The zero-order valence-electron chi connectivity index (χ0n) is 14.9. The first-order chi connectivity index (χ1) is 11.6. The predicted molar refractivity (Wildman–Crippen MR) is 103 cm³/mol. The summed E-state index contributed by atoms with van der Waals surface area (Å²) in [6.07, 6.45) is 4.09. The van der Waals surface area contributed by atoms with Crippen LogP contribution in [0.5, 0.6) is 5.75 Å². The van der Waals surface area contributed by atoms with Crippen LogP contribution in [0.2, 0.25) is 0 Å². The van der Waals surface area contributed by atoms with Crippen LogP contribution in [-0.2, 0) is 6.42 Å². The summed E-state index contributed by atoms with van der Waals surface area (Å²) in [5.74, 6) is 1.44. The first-order valence-corrected chi connectivity index (χ1v) is 8.35. The SMILES string of the molecule is CCc1cc(/C=C/c2ccccc2OCC(O)CNC(C)C)on1.Cl. The summed E-state index contributed by atoms with van der Waals surface area (Å²) in [7, 11) is 0. The molecule has 1 aromatic heterocycles. The van der Waals surface area contributed by atoms with E-state index in [-0.39, 0.29) is 19.0 Å². The molecule has 5 nitrogen and oxygen atoms in total. The Morgan fingerprint density at radius 1 is 1.28 bits per heavy atom. The van der Waals surface area contributed by atoms with Crippen molar-refractivity contribution in [1.82, 2.24) is 10.5 Å². The minimum Gasteiger partial charge on any atom is -0.490 e. The Morgan fingerprint density at radius 3 is 2.72 bits per heavy atom. The summed E-state index contributed by atoms with van der Waals surface area (Å²) in [5.41, 5.74) is 1.86. The summed E-state index contributed by atoms with van der Waals surface area (Å²) in [5, 5.41) is 17.1. The molecule has 138 valence electrons. The highest BCUT2D eigenvalue weighted by molar-refractivity contribution is 5.85. The van der Waals surface area contributed by atoms with E-state index in [1.165, 1.54) is 0 Å². The van der Waals surface area contributed by atoms with Gasteiger partial charge in [0.15, 0.2) is 5.76 Å². The largest absolute Gasteiger partial charge is 0.490 e. The molecular weight excluding hydrogens is 340 g/mol. The summed E-state index contributed by atoms with van der Waals surface area (Å²) >= 11 is 0. The minimum absolute atomic E-state index is 0. The maximum absolute atomic E-state index is 9.96. The van der Waals surface area contributed by atoms with Gasteiger partial charge in [-0.3, -0.25) is 0 Å². The van der Waals surface area contributed by atoms with Gasteiger partial charge >= 0.3 is 0 Å². The molecule has 1 aromatic carbocycles. The average Bonchev–Trinajstić information content (AvgIpc) is 3.05. The maximum Gasteiger partial charge on any atom is 0.159 e. The van der Waals surface area contributed by atoms with Gasteiger partial charge in [0, 0.05) is 24.2 Å². The van der Waals surface area contributed by atoms with Gasteiger partial charge in [-0.15, -0.1) is 12.4 Å². The molecule has 25 heavy (non-hydrogen) atoms. The lowest BCUT2D eigenvalue weighted by Crippen LogP contribution is -2.35. The standard InChI is InChI=1S/C19H26N2O3.ClH/c1-4-16-11-18(24-21-16)10-9-15-7-5-6-8-19(15)23-13-17(22)12-20-14(2)3;/h5-11,14,17,20,22H,4,12-13H2,1-3H3;1H/b10-9+;. The Kier molecular flexibility index (Phi) is 9.27. The van der Waals surface area contributed by atoms with Gasteiger partial charge in [-0.05, 0) is 24.6 Å². The van der Waals surface area contributed by atoms with Crippen molar-refractivity contribution in [3.05, 3.63) is 47.3 Å². The lowest BCUT2D eigenvalue weighted by atomic mass is 10.1. The van der Waals surface area contributed by atoms with Crippen molar-refractivity contribution in [3.63, 3.8) is 0 Å². The third-order valence-corrected chi connectivity index (χ3v) is 3.48. The molecule has 0 spiro atoms. The van der Waals surface area contributed by atoms with Crippen LogP contribution in [0.4, 0.5) is 0 Å². The van der Waals surface area contributed by atoms with E-state index in [0.717, 1.165) is 23.4 Å². The third-order valence-electron chi connectivity index (χ3n) is 3.48. The fourth-order valence-corrected chi connectivity index (χ4v) is 2.11. The molecule has 1 unspecified atom stereocenters. The Bertz CT molecular complexity index is 656. The zero-order valence-corrected chi connectivity index (χ0v) is 15.8. The van der Waals surface area contributed by atoms with Crippen molar-refractivity contribution in [2.24, 2.45) is 0 Å². The molecule has 6 heteroatoms. The molecule has 2 aromatic rings. The van der Waals surface area contributed by atoms with E-state index in [0.29, 0.717) is 18.3 Å². The zero-order chi connectivity index (χ0) is 17.4. The van der Waals surface area contributed by atoms with Crippen LogP contribution in [-0.4, -0.2) is 35.6 Å². The van der Waals surface area contributed by atoms with Gasteiger partial charge in [0.2, 0.25) is 0 Å². The summed E-state index contributed by atoms with van der Waals surface area (Å²) in [6.45, 7) is 6.87. The number of aliphatic hydroxyl groups excluding tert-OH is 1. The average molecular weight is 367 g/mol. The molecule has 2 N–H and O–H groups in total. The number of benzene rings is 1. The number of nitrogens with zero attached hydrogens (tertiary/aromatic N) is 1. The van der Waals surface area contributed by atoms with E-state index < -0.39 is 6.10 Å². The van der Waals surface area contributed by atoms with Crippen LogP contribution in [0.3, 0.4) is 0 Å². The molecular formula is C19H27ClN2O3. The Hall–Kier alpha value is -1.82. The summed E-state index contributed by atoms with van der Waals surface area (Å²) < 4.78 is 11.0. The molecule has 0 saturated carbocycles. The van der Waals surface area contributed by atoms with Crippen molar-refractivity contribution in [3.8, 4) is 5.75 Å². The lowest BCUT2D eigenvalue weighted by Gasteiger charge is -2.16. The number of ether oxygens (including phenoxy) is 1. The van der Waals surface area contributed by atoms with Crippen LogP contribution in [0.1, 0.15) is 37.8 Å². The number of hydrogen-bond donors (Lipinski definition) is 2. The number of aryl methyl sites for hydroxylation is 1. The monoisotopic (exact) mass is 366 g/mol. The van der Waals surface area contributed by atoms with Crippen molar-refractivity contribution >= 4 is 24.6 Å². The predicted octanol–water partition coefficient (Wildman–Crippen LogP) is 3.57. The van der Waals surface area contributed by atoms with E-state index in [9.17, 15) is 5.11 Å². The van der Waals surface area contributed by atoms with Crippen LogP contribution in [0.25, 0.3) is 12.2 Å². The first kappa shape index (κ1) is 21.2. The van der Waals surface area contributed by atoms with Crippen molar-refractivity contribution < 1.29 is 14.4 Å². The van der Waals surface area contributed by atoms with Crippen molar-refractivity contribution in [1.29, 1.82) is 0 Å². The normalized spacial score (nSPS) is 12.4. The number of para-hydroxylation sites is 1. The molecule has 0 bridgehead atoms. The molecule has 0 aliphatic carbocycles. The second-order valence-corrected chi connectivity index (χ2v) is 5.97. The quantitative estimate of drug-likeness (QED) is 0.710. The molecule has 2 rings (SSSR count). The number of halogens is 1.